The number of aliphatic hydroxyl groups is 1. The number of esters is 1. The van der Waals surface area contributed by atoms with Crippen molar-refractivity contribution in [3.63, 3.8) is 0 Å². The minimum Gasteiger partial charge on any atom is -0.428 e. The fourth-order valence-corrected chi connectivity index (χ4v) is 1.24. The molecule has 1 atom stereocenters. The van der Waals surface area contributed by atoms with E-state index in [1.54, 1.807) is 36.7 Å². The van der Waals surface area contributed by atoms with Gasteiger partial charge in [-0.15, -0.1) is 0 Å². The zero-order chi connectivity index (χ0) is 12.1. The normalized spacial score (nSPS) is 11.8. The van der Waals surface area contributed by atoms with Crippen molar-refractivity contribution in [3.05, 3.63) is 60.2 Å². The maximum atomic E-state index is 11.6. The summed E-state index contributed by atoms with van der Waals surface area (Å²) in [5.74, 6) is -0.630. The summed E-state index contributed by atoms with van der Waals surface area (Å²) in [6.07, 6.45) is 4.60. The third-order valence-corrected chi connectivity index (χ3v) is 2.09. The number of rotatable bonds is 3. The van der Waals surface area contributed by atoms with Crippen molar-refractivity contribution in [3.8, 4) is 0 Å². The molecule has 17 heavy (non-hydrogen) atoms. The van der Waals surface area contributed by atoms with Gasteiger partial charge in [0.15, 0.2) is 0 Å². The van der Waals surface area contributed by atoms with Gasteiger partial charge in [-0.25, -0.2) is 4.79 Å². The highest BCUT2D eigenvalue weighted by molar-refractivity contribution is 5.89. The molecule has 5 nitrogen and oxygen atoms in total. The van der Waals surface area contributed by atoms with Crippen LogP contribution >= 0.6 is 0 Å². The van der Waals surface area contributed by atoms with Crippen LogP contribution < -0.4 is 0 Å². The van der Waals surface area contributed by atoms with Gasteiger partial charge in [0, 0.05) is 30.4 Å². The number of nitrogens with zero attached hydrogens (tertiary/aromatic N) is 2. The van der Waals surface area contributed by atoms with Gasteiger partial charge in [0.1, 0.15) is 0 Å². The van der Waals surface area contributed by atoms with Crippen molar-refractivity contribution in [2.45, 2.75) is 6.29 Å². The topological polar surface area (TPSA) is 72.3 Å². The van der Waals surface area contributed by atoms with E-state index in [2.05, 4.69) is 9.97 Å². The summed E-state index contributed by atoms with van der Waals surface area (Å²) in [5.41, 5.74) is 0.709. The number of hydrogen-bond donors (Lipinski definition) is 1. The van der Waals surface area contributed by atoms with E-state index >= 15 is 0 Å². The molecule has 2 rings (SSSR count). The molecule has 0 spiro atoms. The molecule has 0 amide bonds. The van der Waals surface area contributed by atoms with Crippen LogP contribution in [0.3, 0.4) is 0 Å². The van der Waals surface area contributed by atoms with Gasteiger partial charge in [-0.2, -0.15) is 0 Å². The van der Waals surface area contributed by atoms with Crippen LogP contribution in [-0.4, -0.2) is 21.0 Å². The van der Waals surface area contributed by atoms with Gasteiger partial charge < -0.3 is 9.84 Å². The summed E-state index contributed by atoms with van der Waals surface area (Å²) in [5, 5.41) is 9.65. The van der Waals surface area contributed by atoms with Gasteiger partial charge in [0.2, 0.25) is 6.29 Å². The van der Waals surface area contributed by atoms with Gasteiger partial charge in [-0.05, 0) is 24.3 Å². The number of aromatic nitrogens is 2. The predicted molar refractivity (Wildman–Crippen MR) is 58.8 cm³/mol. The van der Waals surface area contributed by atoms with Crippen molar-refractivity contribution in [2.24, 2.45) is 0 Å². The van der Waals surface area contributed by atoms with Crippen molar-refractivity contribution in [1.82, 2.24) is 9.97 Å². The molecule has 86 valence electrons. The quantitative estimate of drug-likeness (QED) is 0.636. The monoisotopic (exact) mass is 230 g/mol. The molecule has 2 heterocycles. The Morgan fingerprint density at radius 1 is 1.18 bits per heavy atom. The second-order valence-electron chi connectivity index (χ2n) is 3.29. The Balaban J connectivity index is 2.05. The average molecular weight is 230 g/mol. The van der Waals surface area contributed by atoms with E-state index in [0.717, 1.165) is 0 Å². The van der Waals surface area contributed by atoms with Gasteiger partial charge in [0.05, 0.1) is 5.56 Å². The summed E-state index contributed by atoms with van der Waals surface area (Å²) < 4.78 is 4.86. The Bertz CT molecular complexity index is 488. The molecule has 1 N–H and O–H groups in total. The van der Waals surface area contributed by atoms with Crippen LogP contribution in [0.1, 0.15) is 22.2 Å². The highest BCUT2D eigenvalue weighted by atomic mass is 16.6. The van der Waals surface area contributed by atoms with Crippen LogP contribution in [0.15, 0.2) is 49.1 Å². The number of pyridine rings is 2. The first-order valence-electron chi connectivity index (χ1n) is 4.96. The first kappa shape index (κ1) is 11.2. The molecule has 0 saturated heterocycles. The van der Waals surface area contributed by atoms with Crippen molar-refractivity contribution < 1.29 is 14.6 Å². The Hall–Kier alpha value is -2.27. The minimum absolute atomic E-state index is 0.287. The van der Waals surface area contributed by atoms with E-state index in [1.165, 1.54) is 12.4 Å². The van der Waals surface area contributed by atoms with Crippen LogP contribution in [-0.2, 0) is 4.74 Å². The van der Waals surface area contributed by atoms with Crippen molar-refractivity contribution in [1.29, 1.82) is 0 Å². The lowest BCUT2D eigenvalue weighted by Crippen LogP contribution is -2.11. The molecule has 1 unspecified atom stereocenters. The first-order valence-corrected chi connectivity index (χ1v) is 4.96. The Morgan fingerprint density at radius 3 is 2.47 bits per heavy atom. The maximum absolute atomic E-state index is 11.6. The fourth-order valence-electron chi connectivity index (χ4n) is 1.24. The standard InChI is InChI=1S/C12H10N2O3/c15-11(9-3-1-5-13-7-9)17-12(16)10-4-2-6-14-8-10/h1-8,11,15H. The van der Waals surface area contributed by atoms with E-state index in [9.17, 15) is 9.90 Å². The van der Waals surface area contributed by atoms with E-state index in [4.69, 9.17) is 4.74 Å². The number of carbonyl (C=O) groups is 1. The summed E-state index contributed by atoms with van der Waals surface area (Å²) in [4.78, 5) is 19.2. The summed E-state index contributed by atoms with van der Waals surface area (Å²) >= 11 is 0. The molecule has 2 aromatic heterocycles. The van der Waals surface area contributed by atoms with Crippen LogP contribution in [0.25, 0.3) is 0 Å². The number of hydrogen-bond acceptors (Lipinski definition) is 5. The zero-order valence-corrected chi connectivity index (χ0v) is 8.85. The van der Waals surface area contributed by atoms with E-state index in [1.807, 2.05) is 0 Å². The molecule has 5 heteroatoms. The first-order chi connectivity index (χ1) is 8.27. The number of aliphatic hydroxyl groups excluding tert-OH is 1. The predicted octanol–water partition coefficient (Wildman–Crippen LogP) is 1.32. The molecule has 0 saturated carbocycles. The lowest BCUT2D eigenvalue weighted by atomic mass is 10.2. The summed E-state index contributed by atoms with van der Waals surface area (Å²) in [6, 6.07) is 6.45. The van der Waals surface area contributed by atoms with E-state index in [0.29, 0.717) is 5.56 Å². The van der Waals surface area contributed by atoms with Crippen molar-refractivity contribution >= 4 is 5.97 Å². The van der Waals surface area contributed by atoms with Gasteiger partial charge in [0.25, 0.3) is 0 Å². The Kier molecular flexibility index (Phi) is 3.42. The molecule has 0 aliphatic rings. The second kappa shape index (κ2) is 5.18. The molecule has 0 aliphatic heterocycles. The zero-order valence-electron chi connectivity index (χ0n) is 8.85. The minimum atomic E-state index is -1.32. The van der Waals surface area contributed by atoms with Crippen molar-refractivity contribution in [2.75, 3.05) is 0 Å². The summed E-state index contributed by atoms with van der Waals surface area (Å²) in [7, 11) is 0. The Labute approximate surface area is 97.7 Å². The van der Waals surface area contributed by atoms with Gasteiger partial charge in [-0.3, -0.25) is 9.97 Å². The molecule has 0 aromatic carbocycles. The molecular formula is C12H10N2O3. The third-order valence-electron chi connectivity index (χ3n) is 2.09. The number of carbonyl (C=O) groups excluding carboxylic acids is 1. The van der Waals surface area contributed by atoms with E-state index < -0.39 is 12.3 Å². The lowest BCUT2D eigenvalue weighted by molar-refractivity contribution is -0.0673. The molecule has 0 aliphatic carbocycles. The molecule has 0 radical (unpaired) electrons. The largest absolute Gasteiger partial charge is 0.428 e. The average Bonchev–Trinajstić information content (AvgIpc) is 2.40. The van der Waals surface area contributed by atoms with Crippen LogP contribution in [0.2, 0.25) is 0 Å². The maximum Gasteiger partial charge on any atom is 0.342 e. The fraction of sp³-hybridized carbons (Fsp3) is 0.0833. The molecule has 2 aromatic rings. The van der Waals surface area contributed by atoms with Crippen LogP contribution in [0.4, 0.5) is 0 Å². The third kappa shape index (κ3) is 2.85. The lowest BCUT2D eigenvalue weighted by Gasteiger charge is -2.11. The SMILES string of the molecule is O=C(OC(O)c1cccnc1)c1cccnc1. The molecule has 0 fully saturated rings. The van der Waals surface area contributed by atoms with Gasteiger partial charge >= 0.3 is 5.97 Å². The smallest absolute Gasteiger partial charge is 0.342 e. The number of ether oxygens (including phenoxy) is 1. The highest BCUT2D eigenvalue weighted by Gasteiger charge is 2.14. The Morgan fingerprint density at radius 2 is 1.88 bits per heavy atom. The van der Waals surface area contributed by atoms with Crippen LogP contribution in [0, 0.1) is 0 Å². The molecular weight excluding hydrogens is 220 g/mol. The van der Waals surface area contributed by atoms with Gasteiger partial charge in [-0.1, -0.05) is 0 Å². The second-order valence-corrected chi connectivity index (χ2v) is 3.29. The van der Waals surface area contributed by atoms with E-state index in [-0.39, 0.29) is 5.56 Å². The highest BCUT2D eigenvalue weighted by Crippen LogP contribution is 2.14. The molecule has 0 bridgehead atoms. The van der Waals surface area contributed by atoms with Crippen LogP contribution in [0.5, 0.6) is 0 Å². The summed E-state index contributed by atoms with van der Waals surface area (Å²) in [6.45, 7) is 0.